The highest BCUT2D eigenvalue weighted by atomic mass is 32.2. The summed E-state index contributed by atoms with van der Waals surface area (Å²) in [6, 6.07) is 22.6. The predicted octanol–water partition coefficient (Wildman–Crippen LogP) is 7.38. The van der Waals surface area contributed by atoms with Crippen molar-refractivity contribution >= 4 is 21.6 Å². The van der Waals surface area contributed by atoms with E-state index < -0.39 is 16.1 Å². The lowest BCUT2D eigenvalue weighted by Crippen LogP contribution is -2.46. The van der Waals surface area contributed by atoms with Crippen LogP contribution >= 0.6 is 0 Å². The highest BCUT2D eigenvalue weighted by Crippen LogP contribution is 2.39. The van der Waals surface area contributed by atoms with Crippen LogP contribution in [0.1, 0.15) is 100 Å². The van der Waals surface area contributed by atoms with Crippen molar-refractivity contribution in [3.63, 3.8) is 0 Å². The van der Waals surface area contributed by atoms with Crippen molar-refractivity contribution in [2.45, 2.75) is 90.7 Å². The summed E-state index contributed by atoms with van der Waals surface area (Å²) in [5.41, 5.74) is 5.28. The Kier molecular flexibility index (Phi) is 17.2. The molecular formula is C37H53FN2O5S. The predicted molar refractivity (Wildman–Crippen MR) is 186 cm³/mol. The topological polar surface area (TPSA) is 98.2 Å². The van der Waals surface area contributed by atoms with Crippen LogP contribution in [-0.4, -0.2) is 55.3 Å². The van der Waals surface area contributed by atoms with Gasteiger partial charge >= 0.3 is 0 Å². The summed E-state index contributed by atoms with van der Waals surface area (Å²) < 4.78 is 36.7. The molecule has 2 atom stereocenters. The number of aliphatic hydroxyl groups excluding tert-OH is 2. The number of sulfonamides is 1. The Morgan fingerprint density at radius 2 is 1.41 bits per heavy atom. The largest absolute Gasteiger partial charge is 0.396 e. The van der Waals surface area contributed by atoms with E-state index in [1.165, 1.54) is 28.3 Å². The van der Waals surface area contributed by atoms with Crippen molar-refractivity contribution in [3.8, 4) is 0 Å². The Hall–Kier alpha value is -3.11. The quantitative estimate of drug-likeness (QED) is 0.131. The van der Waals surface area contributed by atoms with E-state index in [-0.39, 0.29) is 24.4 Å². The molecule has 2 N–H and O–H groups in total. The molecule has 0 radical (unpaired) electrons. The fraction of sp³-hybridized carbons (Fsp3) is 0.486. The van der Waals surface area contributed by atoms with E-state index in [9.17, 15) is 22.7 Å². The number of β-lactam (4-membered cyclic amide) rings is 1. The second-order valence-corrected chi connectivity index (χ2v) is 13.5. The van der Waals surface area contributed by atoms with Crippen molar-refractivity contribution in [2.24, 2.45) is 0 Å². The summed E-state index contributed by atoms with van der Waals surface area (Å²) in [6.07, 6.45) is 8.75. The number of aryl methyl sites for hydroxylation is 2. The molecule has 3 aromatic carbocycles. The lowest BCUT2D eigenvalue weighted by atomic mass is 9.91. The molecule has 0 aliphatic carbocycles. The summed E-state index contributed by atoms with van der Waals surface area (Å²) in [5.74, 6) is -0.132. The van der Waals surface area contributed by atoms with Crippen LogP contribution in [0.25, 0.3) is 0 Å². The number of carbonyl (C=O) groups is 1. The van der Waals surface area contributed by atoms with Gasteiger partial charge in [0, 0.05) is 25.9 Å². The summed E-state index contributed by atoms with van der Waals surface area (Å²) in [4.78, 5) is 14.2. The molecule has 1 unspecified atom stereocenters. The zero-order valence-corrected chi connectivity index (χ0v) is 29.0. The van der Waals surface area contributed by atoms with Gasteiger partial charge in [0.25, 0.3) is 0 Å². The molecule has 46 heavy (non-hydrogen) atoms. The van der Waals surface area contributed by atoms with Crippen molar-refractivity contribution in [3.05, 3.63) is 101 Å². The number of hydrogen-bond acceptors (Lipinski definition) is 5. The second kappa shape index (κ2) is 20.2. The highest BCUT2D eigenvalue weighted by Gasteiger charge is 2.38. The van der Waals surface area contributed by atoms with Gasteiger partial charge in [0.15, 0.2) is 0 Å². The minimum Gasteiger partial charge on any atom is -0.396 e. The van der Waals surface area contributed by atoms with Crippen LogP contribution in [-0.2, 0) is 27.7 Å². The summed E-state index contributed by atoms with van der Waals surface area (Å²) >= 11 is 0. The van der Waals surface area contributed by atoms with Gasteiger partial charge in [0.2, 0.25) is 15.9 Å². The van der Waals surface area contributed by atoms with Gasteiger partial charge in [0.1, 0.15) is 5.82 Å². The maximum Gasteiger partial charge on any atom is 0.230 e. The molecule has 1 heterocycles. The van der Waals surface area contributed by atoms with E-state index in [0.29, 0.717) is 19.4 Å². The van der Waals surface area contributed by atoms with Gasteiger partial charge in [0.05, 0.1) is 24.8 Å². The number of amides is 1. The number of rotatable bonds is 15. The minimum atomic E-state index is -3.14. The Morgan fingerprint density at radius 3 is 1.93 bits per heavy atom. The molecule has 0 saturated carbocycles. The first-order valence-corrected chi connectivity index (χ1v) is 18.3. The second-order valence-electron chi connectivity index (χ2n) is 11.4. The normalized spacial score (nSPS) is 14.9. The lowest BCUT2D eigenvalue weighted by Gasteiger charge is -2.41. The monoisotopic (exact) mass is 656 g/mol. The van der Waals surface area contributed by atoms with Crippen LogP contribution in [0.3, 0.4) is 0 Å². The molecule has 3 aromatic rings. The number of halogens is 1. The minimum absolute atomic E-state index is 0.0744. The maximum atomic E-state index is 12.4. The number of hydrogen-bond donors (Lipinski definition) is 2. The van der Waals surface area contributed by atoms with E-state index in [1.807, 2.05) is 49.9 Å². The van der Waals surface area contributed by atoms with E-state index in [4.69, 9.17) is 5.11 Å². The van der Waals surface area contributed by atoms with Crippen LogP contribution < -0.4 is 4.90 Å². The van der Waals surface area contributed by atoms with Crippen LogP contribution in [0.2, 0.25) is 0 Å². The Bertz CT molecular complexity index is 1400. The average Bonchev–Trinajstić information content (AvgIpc) is 3.05. The molecule has 1 aliphatic rings. The zero-order chi connectivity index (χ0) is 34.1. The van der Waals surface area contributed by atoms with Gasteiger partial charge in [-0.15, -0.1) is 0 Å². The third-order valence-electron chi connectivity index (χ3n) is 8.05. The van der Waals surface area contributed by atoms with Crippen molar-refractivity contribution < 1.29 is 27.8 Å². The Balaban J connectivity index is 0.000000475. The highest BCUT2D eigenvalue weighted by molar-refractivity contribution is 7.88. The van der Waals surface area contributed by atoms with Gasteiger partial charge in [-0.3, -0.25) is 4.79 Å². The average molecular weight is 657 g/mol. The molecule has 7 nitrogen and oxygen atoms in total. The van der Waals surface area contributed by atoms with Crippen LogP contribution in [0.15, 0.2) is 72.8 Å². The fourth-order valence-corrected chi connectivity index (χ4v) is 5.58. The first kappa shape index (κ1) is 39.1. The number of benzene rings is 3. The molecule has 254 valence electrons. The zero-order valence-electron chi connectivity index (χ0n) is 28.2. The van der Waals surface area contributed by atoms with Gasteiger partial charge in [-0.1, -0.05) is 82.1 Å². The SMILES string of the molecule is CC.CCC(O)c1ccc(F)cc1.CN(CCCc1ccc(N2C(=O)C[C@H]2c2ccc(CCCCCCO)cc2)cc1)S(C)(=O)=O. The fourth-order valence-electron chi connectivity index (χ4n) is 5.12. The molecule has 9 heteroatoms. The first-order chi connectivity index (χ1) is 22.0. The third-order valence-corrected chi connectivity index (χ3v) is 9.36. The number of unbranched alkanes of at least 4 members (excludes halogenated alkanes) is 3. The standard InChI is InChI=1S/C26H36N2O4S.C9H11FO.C2H6/c1-27(33(2,31)32)18-7-9-22-12-16-24(17-13-22)28-25(20-26(28)30)23-14-10-21(11-15-23)8-5-3-4-6-19-29;1-2-9(11)7-3-5-8(10)6-4-7;1-2/h10-17,25,29H,3-9,18-20H2,1-2H3;3-6,9,11H,2H2,1H3;1-2H3/t25-;;/m0../s1. The van der Waals surface area contributed by atoms with Crippen LogP contribution in [0.4, 0.5) is 10.1 Å². The maximum absolute atomic E-state index is 12.4. The van der Waals surface area contributed by atoms with Crippen molar-refractivity contribution in [1.29, 1.82) is 0 Å². The van der Waals surface area contributed by atoms with E-state index >= 15 is 0 Å². The Morgan fingerprint density at radius 1 is 0.870 bits per heavy atom. The van der Waals surface area contributed by atoms with Crippen molar-refractivity contribution in [2.75, 3.05) is 31.4 Å². The van der Waals surface area contributed by atoms with E-state index in [2.05, 4.69) is 24.3 Å². The molecular weight excluding hydrogens is 603 g/mol. The summed E-state index contributed by atoms with van der Waals surface area (Å²) in [5, 5.41) is 18.2. The van der Waals surface area contributed by atoms with Crippen LogP contribution in [0.5, 0.6) is 0 Å². The summed E-state index contributed by atoms with van der Waals surface area (Å²) in [6.45, 7) is 6.65. The number of carbonyl (C=O) groups excluding carboxylic acids is 1. The lowest BCUT2D eigenvalue weighted by molar-refractivity contribution is -0.124. The smallest absolute Gasteiger partial charge is 0.230 e. The molecule has 0 aromatic heterocycles. The third kappa shape index (κ3) is 12.6. The number of aliphatic hydroxyl groups is 2. The summed E-state index contributed by atoms with van der Waals surface area (Å²) in [7, 11) is -1.54. The number of anilines is 1. The molecule has 1 amide bonds. The first-order valence-electron chi connectivity index (χ1n) is 16.5. The molecule has 1 saturated heterocycles. The van der Waals surface area contributed by atoms with E-state index in [1.54, 1.807) is 19.2 Å². The molecule has 0 bridgehead atoms. The van der Waals surface area contributed by atoms with Crippen LogP contribution in [0, 0.1) is 5.82 Å². The Labute approximate surface area is 276 Å². The molecule has 4 rings (SSSR count). The van der Waals surface area contributed by atoms with Gasteiger partial charge in [-0.05, 0) is 85.0 Å². The molecule has 0 spiro atoms. The van der Waals surface area contributed by atoms with Crippen molar-refractivity contribution in [1.82, 2.24) is 4.31 Å². The molecule has 1 aliphatic heterocycles. The molecule has 1 fully saturated rings. The van der Waals surface area contributed by atoms with Gasteiger partial charge < -0.3 is 15.1 Å². The van der Waals surface area contributed by atoms with Gasteiger partial charge in [-0.2, -0.15) is 0 Å². The number of nitrogens with zero attached hydrogens (tertiary/aromatic N) is 2. The van der Waals surface area contributed by atoms with Gasteiger partial charge in [-0.25, -0.2) is 17.1 Å². The van der Waals surface area contributed by atoms with E-state index in [0.717, 1.165) is 67.3 Å².